The number of anilines is 2. The third-order valence-corrected chi connectivity index (χ3v) is 3.63. The fourth-order valence-electron chi connectivity index (χ4n) is 2.29. The van der Waals surface area contributed by atoms with Crippen molar-refractivity contribution in [2.45, 2.75) is 6.92 Å². The van der Waals surface area contributed by atoms with Crippen LogP contribution in [0.15, 0.2) is 53.5 Å². The van der Waals surface area contributed by atoms with Crippen LogP contribution in [-0.2, 0) is 0 Å². The number of carbonyl (C=O) groups excluding carboxylic acids is 1. The first-order valence-corrected chi connectivity index (χ1v) is 7.58. The lowest BCUT2D eigenvalue weighted by molar-refractivity contribution is 0.100. The van der Waals surface area contributed by atoms with Gasteiger partial charge in [-0.1, -0.05) is 18.2 Å². The average Bonchev–Trinajstić information content (AvgIpc) is 2.99. The lowest BCUT2D eigenvalue weighted by Crippen LogP contribution is -2.12. The molecule has 1 heterocycles. The number of phenols is 1. The van der Waals surface area contributed by atoms with Gasteiger partial charge in [0, 0.05) is 11.9 Å². The quantitative estimate of drug-likeness (QED) is 0.536. The van der Waals surface area contributed by atoms with Gasteiger partial charge < -0.3 is 16.2 Å². The highest BCUT2D eigenvalue weighted by Gasteiger charge is 2.18. The van der Waals surface area contributed by atoms with E-state index in [0.717, 1.165) is 16.8 Å². The van der Waals surface area contributed by atoms with Crippen molar-refractivity contribution in [2.24, 2.45) is 10.7 Å². The molecule has 0 radical (unpaired) electrons. The summed E-state index contributed by atoms with van der Waals surface area (Å²) >= 11 is 0. The molecule has 126 valence electrons. The molecule has 0 aliphatic carbocycles. The molecule has 0 saturated carbocycles. The Morgan fingerprint density at radius 2 is 1.96 bits per heavy atom. The lowest BCUT2D eigenvalue weighted by atomic mass is 10.2. The van der Waals surface area contributed by atoms with E-state index in [1.54, 1.807) is 30.5 Å². The van der Waals surface area contributed by atoms with Crippen LogP contribution in [0.2, 0.25) is 0 Å². The second-order valence-electron chi connectivity index (χ2n) is 5.45. The Morgan fingerprint density at radius 1 is 1.24 bits per heavy atom. The molecule has 5 N–H and O–H groups in total. The van der Waals surface area contributed by atoms with Crippen LogP contribution in [0.1, 0.15) is 21.5 Å². The number of aromatic nitrogens is 2. The van der Waals surface area contributed by atoms with Crippen molar-refractivity contribution in [3.63, 3.8) is 0 Å². The van der Waals surface area contributed by atoms with E-state index in [1.807, 2.05) is 31.2 Å². The van der Waals surface area contributed by atoms with E-state index in [0.29, 0.717) is 5.82 Å². The fourth-order valence-corrected chi connectivity index (χ4v) is 2.29. The van der Waals surface area contributed by atoms with Crippen molar-refractivity contribution in [1.82, 2.24) is 10.2 Å². The number of para-hydroxylation sites is 1. The van der Waals surface area contributed by atoms with Crippen LogP contribution in [0.25, 0.3) is 0 Å². The summed E-state index contributed by atoms with van der Waals surface area (Å²) in [6, 6.07) is 14.1. The summed E-state index contributed by atoms with van der Waals surface area (Å²) in [7, 11) is 0. The second kappa shape index (κ2) is 6.88. The zero-order valence-corrected chi connectivity index (χ0v) is 13.5. The molecule has 0 saturated heterocycles. The SMILES string of the molecule is Cc1ccccc1Nc1[nH]nc(N=Cc2ccc(O)cc2)c1C(N)=O. The van der Waals surface area contributed by atoms with Gasteiger partial charge >= 0.3 is 0 Å². The van der Waals surface area contributed by atoms with Gasteiger partial charge in [-0.25, -0.2) is 4.99 Å². The van der Waals surface area contributed by atoms with Gasteiger partial charge in [-0.2, -0.15) is 5.10 Å². The molecule has 2 aromatic carbocycles. The van der Waals surface area contributed by atoms with Crippen LogP contribution >= 0.6 is 0 Å². The van der Waals surface area contributed by atoms with Crippen molar-refractivity contribution >= 4 is 29.4 Å². The number of aromatic amines is 1. The minimum Gasteiger partial charge on any atom is -0.508 e. The van der Waals surface area contributed by atoms with E-state index in [1.165, 1.54) is 0 Å². The second-order valence-corrected chi connectivity index (χ2v) is 5.45. The largest absolute Gasteiger partial charge is 0.508 e. The Morgan fingerprint density at radius 3 is 2.64 bits per heavy atom. The molecule has 0 spiro atoms. The van der Waals surface area contributed by atoms with E-state index >= 15 is 0 Å². The number of aryl methyl sites for hydroxylation is 1. The smallest absolute Gasteiger partial charge is 0.256 e. The van der Waals surface area contributed by atoms with Gasteiger partial charge in [0.2, 0.25) is 0 Å². The summed E-state index contributed by atoms with van der Waals surface area (Å²) in [5, 5.41) is 19.2. The number of amides is 1. The highest BCUT2D eigenvalue weighted by molar-refractivity contribution is 6.03. The van der Waals surface area contributed by atoms with Crippen LogP contribution in [0.3, 0.4) is 0 Å². The van der Waals surface area contributed by atoms with Gasteiger partial charge in [0.05, 0.1) is 0 Å². The minimum absolute atomic E-state index is 0.166. The summed E-state index contributed by atoms with van der Waals surface area (Å²) in [5.41, 5.74) is 8.28. The summed E-state index contributed by atoms with van der Waals surface area (Å²) in [6.07, 6.45) is 1.54. The first-order valence-electron chi connectivity index (χ1n) is 7.58. The molecule has 0 unspecified atom stereocenters. The third-order valence-electron chi connectivity index (χ3n) is 3.63. The number of carbonyl (C=O) groups is 1. The van der Waals surface area contributed by atoms with Crippen molar-refractivity contribution in [1.29, 1.82) is 0 Å². The first kappa shape index (κ1) is 16.3. The number of aliphatic imine (C=N–C) groups is 1. The predicted molar refractivity (Wildman–Crippen MR) is 96.9 cm³/mol. The van der Waals surface area contributed by atoms with Gasteiger partial charge in [0.25, 0.3) is 5.91 Å². The number of primary amides is 1. The highest BCUT2D eigenvalue weighted by Crippen LogP contribution is 2.27. The van der Waals surface area contributed by atoms with E-state index in [2.05, 4.69) is 20.5 Å². The zero-order chi connectivity index (χ0) is 17.8. The highest BCUT2D eigenvalue weighted by atomic mass is 16.3. The van der Waals surface area contributed by atoms with Crippen LogP contribution < -0.4 is 11.1 Å². The molecule has 0 fully saturated rings. The van der Waals surface area contributed by atoms with Gasteiger partial charge in [-0.3, -0.25) is 9.89 Å². The number of nitrogens with zero attached hydrogens (tertiary/aromatic N) is 2. The maximum absolute atomic E-state index is 11.9. The van der Waals surface area contributed by atoms with Gasteiger partial charge in [0.15, 0.2) is 5.82 Å². The van der Waals surface area contributed by atoms with Gasteiger partial charge in [-0.15, -0.1) is 0 Å². The number of nitrogens with one attached hydrogen (secondary N) is 2. The zero-order valence-electron chi connectivity index (χ0n) is 13.5. The number of rotatable bonds is 5. The molecule has 1 aromatic heterocycles. The van der Waals surface area contributed by atoms with E-state index in [9.17, 15) is 9.90 Å². The fraction of sp³-hybridized carbons (Fsp3) is 0.0556. The molecule has 0 aliphatic rings. The molecule has 3 rings (SSSR count). The number of nitrogens with two attached hydrogens (primary N) is 1. The summed E-state index contributed by atoms with van der Waals surface area (Å²) in [4.78, 5) is 16.1. The molecule has 25 heavy (non-hydrogen) atoms. The standard InChI is InChI=1S/C18H17N5O2/c1-11-4-2-3-5-14(11)21-18-15(16(19)25)17(22-23-18)20-10-12-6-8-13(24)9-7-12/h2-10,24H,1H3,(H2,19,25)(H2,21,22,23). The molecule has 7 heteroatoms. The van der Waals surface area contributed by atoms with E-state index in [4.69, 9.17) is 5.73 Å². The first-order chi connectivity index (χ1) is 12.0. The molecule has 0 aliphatic heterocycles. The molecular weight excluding hydrogens is 318 g/mol. The van der Waals surface area contributed by atoms with Gasteiger partial charge in [-0.05, 0) is 48.4 Å². The summed E-state index contributed by atoms with van der Waals surface area (Å²) in [6.45, 7) is 1.95. The predicted octanol–water partition coefficient (Wildman–Crippen LogP) is 3.02. The summed E-state index contributed by atoms with van der Waals surface area (Å²) < 4.78 is 0. The number of benzene rings is 2. The molecular formula is C18H17N5O2. The number of H-pyrrole nitrogens is 1. The molecule has 3 aromatic rings. The van der Waals surface area contributed by atoms with Crippen LogP contribution in [0.4, 0.5) is 17.3 Å². The Kier molecular flexibility index (Phi) is 4.47. The van der Waals surface area contributed by atoms with Crippen molar-refractivity contribution in [3.8, 4) is 5.75 Å². The minimum atomic E-state index is -0.636. The van der Waals surface area contributed by atoms with Crippen LogP contribution in [0.5, 0.6) is 5.75 Å². The molecule has 1 amide bonds. The molecule has 7 nitrogen and oxygen atoms in total. The average molecular weight is 335 g/mol. The Balaban J connectivity index is 1.91. The third kappa shape index (κ3) is 3.66. The number of hydrogen-bond donors (Lipinski definition) is 4. The number of hydrogen-bond acceptors (Lipinski definition) is 5. The van der Waals surface area contributed by atoms with E-state index in [-0.39, 0.29) is 17.1 Å². The Bertz CT molecular complexity index is 929. The Labute approximate surface area is 144 Å². The van der Waals surface area contributed by atoms with E-state index < -0.39 is 5.91 Å². The van der Waals surface area contributed by atoms with Crippen molar-refractivity contribution in [3.05, 3.63) is 65.2 Å². The van der Waals surface area contributed by atoms with Crippen molar-refractivity contribution in [2.75, 3.05) is 5.32 Å². The number of aromatic hydroxyl groups is 1. The van der Waals surface area contributed by atoms with Crippen LogP contribution in [0, 0.1) is 6.92 Å². The van der Waals surface area contributed by atoms with Gasteiger partial charge in [0.1, 0.15) is 17.1 Å². The molecule has 0 atom stereocenters. The maximum atomic E-state index is 11.9. The summed E-state index contributed by atoms with van der Waals surface area (Å²) in [5.74, 6) is 0.110. The normalized spacial score (nSPS) is 10.9. The molecule has 0 bridgehead atoms. The maximum Gasteiger partial charge on any atom is 0.256 e. The number of phenolic OH excluding ortho intramolecular Hbond substituents is 1. The topological polar surface area (TPSA) is 116 Å². The lowest BCUT2D eigenvalue weighted by Gasteiger charge is -2.08. The monoisotopic (exact) mass is 335 g/mol. The van der Waals surface area contributed by atoms with Crippen LogP contribution in [-0.4, -0.2) is 27.4 Å². The Hall–Kier alpha value is -3.61. The van der Waals surface area contributed by atoms with Crippen molar-refractivity contribution < 1.29 is 9.90 Å².